The second-order valence-corrected chi connectivity index (χ2v) is 4.03. The molecule has 0 aliphatic carbocycles. The van der Waals surface area contributed by atoms with Crippen LogP contribution in [0.25, 0.3) is 22.2 Å². The Balaban J connectivity index is 2.33. The molecule has 2 aromatic heterocycles. The van der Waals surface area contributed by atoms with Gasteiger partial charge in [0.2, 0.25) is 0 Å². The van der Waals surface area contributed by atoms with Crippen molar-refractivity contribution in [2.24, 2.45) is 0 Å². The van der Waals surface area contributed by atoms with E-state index in [-0.39, 0.29) is 5.82 Å². The third kappa shape index (κ3) is 1.51. The summed E-state index contributed by atoms with van der Waals surface area (Å²) in [5.74, 6) is -0.189. The van der Waals surface area contributed by atoms with Crippen LogP contribution in [0.15, 0.2) is 42.7 Å². The molecule has 3 aromatic rings. The molecule has 0 amide bonds. The van der Waals surface area contributed by atoms with E-state index in [1.807, 2.05) is 25.1 Å². The van der Waals surface area contributed by atoms with Gasteiger partial charge in [0.25, 0.3) is 0 Å². The highest BCUT2D eigenvalue weighted by Crippen LogP contribution is 2.30. The van der Waals surface area contributed by atoms with Crippen LogP contribution in [0.5, 0.6) is 0 Å². The van der Waals surface area contributed by atoms with Crippen LogP contribution >= 0.6 is 0 Å². The lowest BCUT2D eigenvalue weighted by molar-refractivity contribution is 0.639. The summed E-state index contributed by atoms with van der Waals surface area (Å²) < 4.78 is 13.7. The van der Waals surface area contributed by atoms with E-state index in [1.165, 1.54) is 6.07 Å². The van der Waals surface area contributed by atoms with Crippen molar-refractivity contribution >= 4 is 10.9 Å². The molecule has 84 valence electrons. The maximum absolute atomic E-state index is 13.7. The van der Waals surface area contributed by atoms with Gasteiger partial charge in [-0.25, -0.2) is 4.39 Å². The Morgan fingerprint density at radius 2 is 2.06 bits per heavy atom. The molecule has 0 unspecified atom stereocenters. The van der Waals surface area contributed by atoms with Gasteiger partial charge in [-0.05, 0) is 36.8 Å². The average Bonchev–Trinajstić information content (AvgIpc) is 2.69. The predicted molar refractivity (Wildman–Crippen MR) is 66.2 cm³/mol. The van der Waals surface area contributed by atoms with Crippen LogP contribution in [0.2, 0.25) is 0 Å². The van der Waals surface area contributed by atoms with Gasteiger partial charge in [0.1, 0.15) is 5.82 Å². The highest BCUT2D eigenvalue weighted by atomic mass is 19.1. The fourth-order valence-corrected chi connectivity index (χ4v) is 2.16. The molecule has 0 fully saturated rings. The Bertz CT molecular complexity index is 671. The Kier molecular flexibility index (Phi) is 2.18. The zero-order valence-corrected chi connectivity index (χ0v) is 9.37. The van der Waals surface area contributed by atoms with E-state index in [2.05, 4.69) is 9.97 Å². The van der Waals surface area contributed by atoms with Crippen molar-refractivity contribution in [1.82, 2.24) is 9.97 Å². The number of hydrogen-bond donors (Lipinski definition) is 1. The van der Waals surface area contributed by atoms with Gasteiger partial charge in [-0.2, -0.15) is 0 Å². The zero-order chi connectivity index (χ0) is 11.8. The summed E-state index contributed by atoms with van der Waals surface area (Å²) in [5.41, 5.74) is 3.64. The SMILES string of the molecule is Cc1c(-c2cccnc2)[nH]c2cccc(F)c12. The third-order valence-electron chi connectivity index (χ3n) is 2.97. The molecule has 2 nitrogen and oxygen atoms in total. The molecule has 17 heavy (non-hydrogen) atoms. The normalized spacial score (nSPS) is 10.9. The van der Waals surface area contributed by atoms with Gasteiger partial charge in [-0.1, -0.05) is 6.07 Å². The first-order chi connectivity index (χ1) is 8.27. The molecule has 2 heterocycles. The lowest BCUT2D eigenvalue weighted by atomic mass is 10.1. The number of hydrogen-bond acceptors (Lipinski definition) is 1. The van der Waals surface area contributed by atoms with Crippen LogP contribution in [0.1, 0.15) is 5.56 Å². The number of pyridine rings is 1. The lowest BCUT2D eigenvalue weighted by Gasteiger charge is -1.98. The first kappa shape index (κ1) is 10.0. The smallest absolute Gasteiger partial charge is 0.132 e. The maximum atomic E-state index is 13.7. The van der Waals surface area contributed by atoms with Crippen LogP contribution in [0, 0.1) is 12.7 Å². The van der Waals surface area contributed by atoms with E-state index in [1.54, 1.807) is 18.5 Å². The average molecular weight is 226 g/mol. The van der Waals surface area contributed by atoms with Crippen LogP contribution in [0.4, 0.5) is 4.39 Å². The number of nitrogens with one attached hydrogen (secondary N) is 1. The largest absolute Gasteiger partial charge is 0.354 e. The Labute approximate surface area is 98.1 Å². The second-order valence-electron chi connectivity index (χ2n) is 4.03. The van der Waals surface area contributed by atoms with Gasteiger partial charge in [-0.15, -0.1) is 0 Å². The van der Waals surface area contributed by atoms with E-state index < -0.39 is 0 Å². The van der Waals surface area contributed by atoms with E-state index in [9.17, 15) is 4.39 Å². The van der Waals surface area contributed by atoms with Gasteiger partial charge >= 0.3 is 0 Å². The quantitative estimate of drug-likeness (QED) is 0.673. The number of aromatic nitrogens is 2. The van der Waals surface area contributed by atoms with Crippen molar-refractivity contribution < 1.29 is 4.39 Å². The van der Waals surface area contributed by atoms with Crippen LogP contribution in [-0.4, -0.2) is 9.97 Å². The summed E-state index contributed by atoms with van der Waals surface area (Å²) in [7, 11) is 0. The number of nitrogens with zero attached hydrogens (tertiary/aromatic N) is 1. The minimum absolute atomic E-state index is 0.189. The lowest BCUT2D eigenvalue weighted by Crippen LogP contribution is -1.81. The van der Waals surface area contributed by atoms with Crippen molar-refractivity contribution in [3.05, 3.63) is 54.1 Å². The number of rotatable bonds is 1. The van der Waals surface area contributed by atoms with E-state index >= 15 is 0 Å². The summed E-state index contributed by atoms with van der Waals surface area (Å²) in [6, 6.07) is 8.90. The summed E-state index contributed by atoms with van der Waals surface area (Å²) >= 11 is 0. The third-order valence-corrected chi connectivity index (χ3v) is 2.97. The molecule has 1 N–H and O–H groups in total. The fraction of sp³-hybridized carbons (Fsp3) is 0.0714. The van der Waals surface area contributed by atoms with Gasteiger partial charge in [0.15, 0.2) is 0 Å². The minimum Gasteiger partial charge on any atom is -0.354 e. The van der Waals surface area contributed by atoms with Crippen LogP contribution < -0.4 is 0 Å². The number of halogens is 1. The molecule has 0 spiro atoms. The zero-order valence-electron chi connectivity index (χ0n) is 9.37. The van der Waals surface area contributed by atoms with Crippen molar-refractivity contribution in [2.45, 2.75) is 6.92 Å². The highest BCUT2D eigenvalue weighted by molar-refractivity contribution is 5.90. The molecule has 0 saturated heterocycles. The number of benzene rings is 1. The molecule has 0 radical (unpaired) electrons. The van der Waals surface area contributed by atoms with Crippen LogP contribution in [0.3, 0.4) is 0 Å². The molecule has 0 atom stereocenters. The molecular formula is C14H11FN2. The Morgan fingerprint density at radius 3 is 2.76 bits per heavy atom. The second kappa shape index (κ2) is 3.70. The standard InChI is InChI=1S/C14H11FN2/c1-9-13-11(15)5-2-6-12(13)17-14(9)10-4-3-7-16-8-10/h2-8,17H,1H3. The predicted octanol–water partition coefficient (Wildman–Crippen LogP) is 3.68. The van der Waals surface area contributed by atoms with E-state index in [0.29, 0.717) is 5.39 Å². The molecule has 0 aliphatic heterocycles. The minimum atomic E-state index is -0.189. The summed E-state index contributed by atoms with van der Waals surface area (Å²) in [6.07, 6.45) is 3.50. The maximum Gasteiger partial charge on any atom is 0.132 e. The molecule has 3 rings (SSSR count). The number of aromatic amines is 1. The van der Waals surface area contributed by atoms with Gasteiger partial charge < -0.3 is 4.98 Å². The topological polar surface area (TPSA) is 28.7 Å². The molecule has 0 saturated carbocycles. The molecular weight excluding hydrogens is 215 g/mol. The number of fused-ring (bicyclic) bond motifs is 1. The van der Waals surface area contributed by atoms with Crippen LogP contribution in [-0.2, 0) is 0 Å². The van der Waals surface area contributed by atoms with Crippen molar-refractivity contribution in [2.75, 3.05) is 0 Å². The first-order valence-corrected chi connectivity index (χ1v) is 5.44. The summed E-state index contributed by atoms with van der Waals surface area (Å²) in [4.78, 5) is 7.32. The summed E-state index contributed by atoms with van der Waals surface area (Å²) in [6.45, 7) is 1.92. The molecule has 0 bridgehead atoms. The molecule has 3 heteroatoms. The van der Waals surface area contributed by atoms with Crippen molar-refractivity contribution in [3.63, 3.8) is 0 Å². The number of H-pyrrole nitrogens is 1. The first-order valence-electron chi connectivity index (χ1n) is 5.44. The molecule has 0 aliphatic rings. The fourth-order valence-electron chi connectivity index (χ4n) is 2.16. The van der Waals surface area contributed by atoms with Crippen molar-refractivity contribution in [1.29, 1.82) is 0 Å². The Hall–Kier alpha value is -2.16. The number of aryl methyl sites for hydroxylation is 1. The highest BCUT2D eigenvalue weighted by Gasteiger charge is 2.12. The molecule has 1 aromatic carbocycles. The van der Waals surface area contributed by atoms with Gasteiger partial charge in [0, 0.05) is 28.9 Å². The monoisotopic (exact) mass is 226 g/mol. The Morgan fingerprint density at radius 1 is 1.18 bits per heavy atom. The van der Waals surface area contributed by atoms with E-state index in [4.69, 9.17) is 0 Å². The summed E-state index contributed by atoms with van der Waals surface area (Å²) in [5, 5.41) is 0.659. The van der Waals surface area contributed by atoms with Crippen molar-refractivity contribution in [3.8, 4) is 11.3 Å². The van der Waals surface area contributed by atoms with E-state index in [0.717, 1.165) is 22.3 Å². The van der Waals surface area contributed by atoms with Gasteiger partial charge in [0.05, 0.1) is 5.69 Å². The van der Waals surface area contributed by atoms with Gasteiger partial charge in [-0.3, -0.25) is 4.98 Å².